The van der Waals surface area contributed by atoms with Gasteiger partial charge in [-0.25, -0.2) is 13.6 Å². The first-order chi connectivity index (χ1) is 16.4. The number of rotatable bonds is 12. The summed E-state index contributed by atoms with van der Waals surface area (Å²) in [6, 6.07) is 9.50. The quantitative estimate of drug-likeness (QED) is 0.235. The molecule has 0 saturated heterocycles. The van der Waals surface area contributed by atoms with Gasteiger partial charge in [-0.15, -0.1) is 0 Å². The number of fused-ring (bicyclic) bond motifs is 1. The number of carboxylic acids is 1. The molecule has 34 heavy (non-hydrogen) atoms. The molecule has 0 unspecified atom stereocenters. The number of unbranched alkanes of at least 4 members (excludes halogenated alkanes) is 2. The Morgan fingerprint density at radius 1 is 1.09 bits per heavy atom. The minimum absolute atomic E-state index is 0.176. The maximum atomic E-state index is 12.6. The second-order valence-electron chi connectivity index (χ2n) is 8.01. The van der Waals surface area contributed by atoms with Gasteiger partial charge in [-0.3, -0.25) is 4.79 Å². The smallest absolute Gasteiger partial charge is 0.343 e. The van der Waals surface area contributed by atoms with Crippen molar-refractivity contribution in [3.8, 4) is 0 Å². The summed E-state index contributed by atoms with van der Waals surface area (Å²) in [5.74, 6) is -0.779. The molecule has 0 spiro atoms. The number of anilines is 1. The third-order valence-corrected chi connectivity index (χ3v) is 6.25. The second-order valence-corrected chi connectivity index (χ2v) is 8.61. The Bertz CT molecular complexity index is 1250. The number of aryl methyl sites for hydroxylation is 1. The molecule has 0 saturated carbocycles. The predicted molar refractivity (Wildman–Crippen MR) is 134 cm³/mol. The number of hydrogen-bond donors (Lipinski definition) is 1. The first kappa shape index (κ1) is 25.2. The van der Waals surface area contributed by atoms with Crippen molar-refractivity contribution in [3.05, 3.63) is 64.3 Å². The van der Waals surface area contributed by atoms with E-state index < -0.39 is 11.6 Å². The normalized spacial score (nSPS) is 11.2. The van der Waals surface area contributed by atoms with Gasteiger partial charge in [0.2, 0.25) is 0 Å². The van der Waals surface area contributed by atoms with Gasteiger partial charge in [-0.1, -0.05) is 6.08 Å². The van der Waals surface area contributed by atoms with E-state index in [0.29, 0.717) is 40.7 Å². The van der Waals surface area contributed by atoms with Crippen molar-refractivity contribution in [2.45, 2.75) is 51.0 Å². The Balaban J connectivity index is 1.76. The molecule has 3 rings (SSSR count). The lowest BCUT2D eigenvalue weighted by atomic mass is 10.1. The number of aromatic nitrogens is 1. The Morgan fingerprint density at radius 3 is 2.56 bits per heavy atom. The monoisotopic (exact) mass is 482 g/mol. The van der Waals surface area contributed by atoms with Gasteiger partial charge in [0, 0.05) is 54.7 Å². The molecule has 8 heteroatoms. The van der Waals surface area contributed by atoms with Crippen LogP contribution in [0.5, 0.6) is 0 Å². The van der Waals surface area contributed by atoms with Crippen LogP contribution < -0.4 is 15.1 Å². The van der Waals surface area contributed by atoms with Crippen LogP contribution in [0.15, 0.2) is 56.8 Å². The minimum atomic E-state index is -0.779. The van der Waals surface area contributed by atoms with Crippen molar-refractivity contribution >= 4 is 46.4 Å². The van der Waals surface area contributed by atoms with Gasteiger partial charge in [-0.2, -0.15) is 0 Å². The summed E-state index contributed by atoms with van der Waals surface area (Å²) in [7, 11) is 0. The van der Waals surface area contributed by atoms with Gasteiger partial charge in [0.05, 0.1) is 5.56 Å². The molecule has 2 heterocycles. The number of nitrogens with zero attached hydrogens (tertiary/aromatic N) is 2. The molecule has 179 valence electrons. The average Bonchev–Trinajstić information content (AvgIpc) is 2.83. The molecule has 7 nitrogen and oxygen atoms in total. The Hall–Kier alpha value is -3.39. The second kappa shape index (κ2) is 12.2. The van der Waals surface area contributed by atoms with Crippen molar-refractivity contribution in [2.24, 2.45) is 0 Å². The van der Waals surface area contributed by atoms with Crippen molar-refractivity contribution in [1.82, 2.24) is 0 Å². The molecule has 3 aromatic rings. The summed E-state index contributed by atoms with van der Waals surface area (Å²) >= 11 is 0.402. The molecule has 1 aromatic carbocycles. The van der Waals surface area contributed by atoms with Crippen molar-refractivity contribution in [3.63, 3.8) is 0 Å². The zero-order valence-electron chi connectivity index (χ0n) is 19.5. The van der Waals surface area contributed by atoms with Gasteiger partial charge < -0.3 is 14.4 Å². The van der Waals surface area contributed by atoms with Crippen LogP contribution in [0.4, 0.5) is 5.69 Å². The third-order valence-electron chi connectivity index (χ3n) is 5.73. The Morgan fingerprint density at radius 2 is 1.85 bits per heavy atom. The number of pyridine rings is 1. The molecular formula is C26H30N2O5S+. The van der Waals surface area contributed by atoms with E-state index in [1.807, 2.05) is 35.0 Å². The van der Waals surface area contributed by atoms with E-state index in [1.54, 1.807) is 24.4 Å². The van der Waals surface area contributed by atoms with Crippen LogP contribution in [0.2, 0.25) is 0 Å². The Kier molecular flexibility index (Phi) is 9.04. The van der Waals surface area contributed by atoms with E-state index in [-0.39, 0.29) is 6.42 Å². The van der Waals surface area contributed by atoms with Crippen LogP contribution in [0.1, 0.15) is 50.7 Å². The van der Waals surface area contributed by atoms with E-state index in [9.17, 15) is 13.8 Å². The van der Waals surface area contributed by atoms with Gasteiger partial charge in [0.25, 0.3) is 0 Å². The number of benzene rings is 1. The third kappa shape index (κ3) is 6.57. The fraction of sp³-hybridized carbons (Fsp3) is 0.346. The molecule has 0 atom stereocenters. The highest BCUT2D eigenvalue weighted by Gasteiger charge is 2.10. The lowest BCUT2D eigenvalue weighted by Crippen LogP contribution is -2.33. The largest absolute Gasteiger partial charge is 0.481 e. The van der Waals surface area contributed by atoms with E-state index in [1.165, 1.54) is 0 Å². The number of hydrogen-bond acceptors (Lipinski definition) is 5. The van der Waals surface area contributed by atoms with Gasteiger partial charge in [-0.05, 0) is 51.0 Å². The van der Waals surface area contributed by atoms with Gasteiger partial charge in [0.1, 0.15) is 28.7 Å². The summed E-state index contributed by atoms with van der Waals surface area (Å²) in [6.45, 7) is 6.62. The molecule has 0 aliphatic carbocycles. The molecule has 0 aliphatic heterocycles. The Labute approximate surface area is 202 Å². The highest BCUT2D eigenvalue weighted by Crippen LogP contribution is 2.22. The lowest BCUT2D eigenvalue weighted by Gasteiger charge is -2.20. The molecule has 2 aromatic heterocycles. The maximum Gasteiger partial charge on any atom is 0.343 e. The lowest BCUT2D eigenvalue weighted by molar-refractivity contribution is -0.699. The van der Waals surface area contributed by atoms with E-state index in [4.69, 9.17) is 9.52 Å². The first-order valence-electron chi connectivity index (χ1n) is 11.5. The molecule has 0 aliphatic rings. The summed E-state index contributed by atoms with van der Waals surface area (Å²) in [5.41, 5.74) is 2.27. The topological polar surface area (TPSA) is 91.7 Å². The summed E-state index contributed by atoms with van der Waals surface area (Å²) in [4.78, 5) is 25.9. The zero-order valence-corrected chi connectivity index (χ0v) is 20.3. The average molecular weight is 483 g/mol. The highest BCUT2D eigenvalue weighted by atomic mass is 32.1. The SMILES string of the molecule is CCN(CC)c1ccc2cc(/C=C/c3cc[n+](CCCCCC(=O)O)cc3[S]=O)c(=O)oc2c1. The van der Waals surface area contributed by atoms with Crippen LogP contribution in [-0.4, -0.2) is 28.4 Å². The standard InChI is InChI=1S/C26H29N2O5S/c1-3-28(4-2)22-12-11-20-16-21(26(31)33-23(20)17-22)10-9-19-13-15-27(18-24(19)34-32)14-7-5-6-8-25(29)30/h9-13,15-18H,3-8,14H2,1-2H3/p+1. The van der Waals surface area contributed by atoms with Crippen LogP contribution >= 0.6 is 0 Å². The van der Waals surface area contributed by atoms with Gasteiger partial charge >= 0.3 is 11.6 Å². The molecule has 0 fully saturated rings. The molecule has 1 radical (unpaired) electrons. The number of carbonyl (C=O) groups is 1. The molecule has 0 bridgehead atoms. The predicted octanol–water partition coefficient (Wildman–Crippen LogP) is 4.31. The maximum absolute atomic E-state index is 12.6. The van der Waals surface area contributed by atoms with Gasteiger partial charge in [0.15, 0.2) is 12.4 Å². The van der Waals surface area contributed by atoms with Crippen LogP contribution in [0.25, 0.3) is 23.1 Å². The minimum Gasteiger partial charge on any atom is -0.481 e. The highest BCUT2D eigenvalue weighted by molar-refractivity contribution is 7.65. The molecule has 1 N–H and O–H groups in total. The fourth-order valence-corrected chi connectivity index (χ4v) is 4.23. The van der Waals surface area contributed by atoms with Crippen molar-refractivity contribution in [1.29, 1.82) is 0 Å². The van der Waals surface area contributed by atoms with Crippen LogP contribution in [0.3, 0.4) is 0 Å². The van der Waals surface area contributed by atoms with Crippen molar-refractivity contribution in [2.75, 3.05) is 18.0 Å². The zero-order chi connectivity index (χ0) is 24.5. The summed E-state index contributed by atoms with van der Waals surface area (Å²) in [5, 5.41) is 9.54. The van der Waals surface area contributed by atoms with Crippen LogP contribution in [-0.2, 0) is 23.0 Å². The summed E-state index contributed by atoms with van der Waals surface area (Å²) < 4.78 is 19.2. The van der Waals surface area contributed by atoms with Crippen LogP contribution in [0, 0.1) is 0 Å². The number of aliphatic carboxylic acids is 1. The first-order valence-corrected chi connectivity index (χ1v) is 12.2. The number of carboxylic acid groups (broad SMARTS) is 1. The molecule has 0 amide bonds. The van der Waals surface area contributed by atoms with E-state index in [2.05, 4.69) is 18.7 Å². The van der Waals surface area contributed by atoms with E-state index >= 15 is 0 Å². The molecular weight excluding hydrogens is 452 g/mol. The van der Waals surface area contributed by atoms with Crippen molar-refractivity contribution < 1.29 is 23.1 Å². The fourth-order valence-electron chi connectivity index (χ4n) is 3.82. The van der Waals surface area contributed by atoms with E-state index in [0.717, 1.165) is 42.6 Å². The summed E-state index contributed by atoms with van der Waals surface area (Å²) in [6.07, 6.45) is 9.56.